The number of rotatable bonds is 2. The molecule has 1 unspecified atom stereocenters. The van der Waals surface area contributed by atoms with Gasteiger partial charge in [0.2, 0.25) is 0 Å². The van der Waals surface area contributed by atoms with Gasteiger partial charge < -0.3 is 10.6 Å². The van der Waals surface area contributed by atoms with E-state index in [1.807, 2.05) is 0 Å². The van der Waals surface area contributed by atoms with E-state index >= 15 is 0 Å². The number of anilines is 1. The average molecular weight is 295 g/mol. The van der Waals surface area contributed by atoms with Gasteiger partial charge in [0, 0.05) is 30.9 Å². The van der Waals surface area contributed by atoms with Crippen LogP contribution < -0.4 is 5.73 Å². The molecule has 3 rings (SSSR count). The lowest BCUT2D eigenvalue weighted by atomic mass is 10.1. The van der Waals surface area contributed by atoms with Gasteiger partial charge in [0.05, 0.1) is 5.56 Å². The summed E-state index contributed by atoms with van der Waals surface area (Å²) >= 11 is 0. The Bertz CT molecular complexity index is 558. The van der Waals surface area contributed by atoms with Crippen molar-refractivity contribution in [3.05, 3.63) is 29.3 Å². The van der Waals surface area contributed by atoms with Gasteiger partial charge in [-0.05, 0) is 38.4 Å². The second-order valence-electron chi connectivity index (χ2n) is 5.79. The van der Waals surface area contributed by atoms with Gasteiger partial charge in [0.15, 0.2) is 11.6 Å². The van der Waals surface area contributed by atoms with Crippen molar-refractivity contribution in [2.75, 3.05) is 31.9 Å². The molecule has 2 N–H and O–H groups in total. The molecule has 1 atom stereocenters. The van der Waals surface area contributed by atoms with E-state index < -0.39 is 11.6 Å². The topological polar surface area (TPSA) is 49.6 Å². The molecule has 2 aliphatic rings. The van der Waals surface area contributed by atoms with Crippen LogP contribution in [0.15, 0.2) is 12.1 Å². The second kappa shape index (κ2) is 5.60. The molecular weight excluding hydrogens is 276 g/mol. The van der Waals surface area contributed by atoms with E-state index in [1.165, 1.54) is 12.8 Å². The summed E-state index contributed by atoms with van der Waals surface area (Å²) in [4.78, 5) is 16.5. The third-order valence-electron chi connectivity index (χ3n) is 4.43. The van der Waals surface area contributed by atoms with E-state index in [-0.39, 0.29) is 17.2 Å². The molecule has 2 saturated heterocycles. The molecule has 21 heavy (non-hydrogen) atoms. The quantitative estimate of drug-likeness (QED) is 0.847. The van der Waals surface area contributed by atoms with E-state index in [9.17, 15) is 13.6 Å². The zero-order valence-electron chi connectivity index (χ0n) is 11.8. The van der Waals surface area contributed by atoms with Crippen LogP contribution in [-0.2, 0) is 0 Å². The number of nitrogen functional groups attached to an aromatic ring is 1. The molecule has 1 aromatic carbocycles. The maximum absolute atomic E-state index is 13.3. The van der Waals surface area contributed by atoms with Crippen LogP contribution in [0.5, 0.6) is 0 Å². The van der Waals surface area contributed by atoms with Crippen LogP contribution >= 0.6 is 0 Å². The minimum absolute atomic E-state index is 0.0106. The summed E-state index contributed by atoms with van der Waals surface area (Å²) in [5.74, 6) is -2.38. The second-order valence-corrected chi connectivity index (χ2v) is 5.79. The molecule has 2 heterocycles. The van der Waals surface area contributed by atoms with Gasteiger partial charge in [-0.3, -0.25) is 9.69 Å². The first-order valence-corrected chi connectivity index (χ1v) is 7.34. The van der Waals surface area contributed by atoms with Crippen molar-refractivity contribution in [2.45, 2.75) is 25.3 Å². The van der Waals surface area contributed by atoms with Gasteiger partial charge in [-0.15, -0.1) is 0 Å². The molecule has 4 nitrogen and oxygen atoms in total. The lowest BCUT2D eigenvalue weighted by Gasteiger charge is -2.23. The van der Waals surface area contributed by atoms with Gasteiger partial charge in [-0.2, -0.15) is 0 Å². The minimum atomic E-state index is -1.04. The molecule has 0 bridgehead atoms. The smallest absolute Gasteiger partial charge is 0.256 e. The summed E-state index contributed by atoms with van der Waals surface area (Å²) in [6.45, 7) is 3.44. The van der Waals surface area contributed by atoms with Crippen LogP contribution in [0.4, 0.5) is 14.5 Å². The van der Waals surface area contributed by atoms with Gasteiger partial charge in [0.1, 0.15) is 0 Å². The van der Waals surface area contributed by atoms with Gasteiger partial charge in [-0.1, -0.05) is 0 Å². The molecule has 114 valence electrons. The number of likely N-dealkylation sites (tertiary alicyclic amines) is 2. The van der Waals surface area contributed by atoms with Crippen LogP contribution in [0.25, 0.3) is 0 Å². The zero-order chi connectivity index (χ0) is 15.0. The highest BCUT2D eigenvalue weighted by Crippen LogP contribution is 2.24. The summed E-state index contributed by atoms with van der Waals surface area (Å²) in [5, 5.41) is 0. The number of hydrogen-bond acceptors (Lipinski definition) is 3. The first-order valence-electron chi connectivity index (χ1n) is 7.34. The van der Waals surface area contributed by atoms with Crippen molar-refractivity contribution in [3.63, 3.8) is 0 Å². The Morgan fingerprint density at radius 1 is 1.14 bits per heavy atom. The van der Waals surface area contributed by atoms with Crippen molar-refractivity contribution < 1.29 is 13.6 Å². The molecule has 6 heteroatoms. The van der Waals surface area contributed by atoms with Crippen molar-refractivity contribution in [1.29, 1.82) is 0 Å². The van der Waals surface area contributed by atoms with Gasteiger partial charge in [-0.25, -0.2) is 8.78 Å². The summed E-state index contributed by atoms with van der Waals surface area (Å²) < 4.78 is 26.4. The Kier molecular flexibility index (Phi) is 3.80. The Morgan fingerprint density at radius 2 is 1.81 bits per heavy atom. The van der Waals surface area contributed by atoms with Crippen LogP contribution in [0, 0.1) is 11.6 Å². The number of amides is 1. The summed E-state index contributed by atoms with van der Waals surface area (Å²) in [6.07, 6.45) is 3.34. The first kappa shape index (κ1) is 14.3. The number of nitrogens with two attached hydrogens (primary N) is 1. The van der Waals surface area contributed by atoms with E-state index in [0.29, 0.717) is 19.1 Å². The van der Waals surface area contributed by atoms with Gasteiger partial charge in [0.25, 0.3) is 5.91 Å². The van der Waals surface area contributed by atoms with E-state index in [4.69, 9.17) is 5.73 Å². The minimum Gasteiger partial charge on any atom is -0.398 e. The van der Waals surface area contributed by atoms with E-state index in [2.05, 4.69) is 4.90 Å². The maximum atomic E-state index is 13.3. The standard InChI is InChI=1S/C15H19F2N3O/c16-12-7-11(14(18)8-13(12)17)15(21)20-6-3-10(9-20)19-4-1-2-5-19/h7-8,10H,1-6,9,18H2. The zero-order valence-corrected chi connectivity index (χ0v) is 11.8. The fourth-order valence-electron chi connectivity index (χ4n) is 3.25. The fourth-order valence-corrected chi connectivity index (χ4v) is 3.25. The van der Waals surface area contributed by atoms with Crippen molar-refractivity contribution >= 4 is 11.6 Å². The van der Waals surface area contributed by atoms with E-state index in [0.717, 1.165) is 31.6 Å². The molecule has 0 radical (unpaired) electrons. The molecule has 2 aliphatic heterocycles. The number of halogens is 2. The number of carbonyl (C=O) groups is 1. The number of hydrogen-bond donors (Lipinski definition) is 1. The van der Waals surface area contributed by atoms with Crippen LogP contribution in [0.3, 0.4) is 0 Å². The monoisotopic (exact) mass is 295 g/mol. The Labute approximate surface area is 122 Å². The Morgan fingerprint density at radius 3 is 2.52 bits per heavy atom. The molecule has 1 amide bonds. The van der Waals surface area contributed by atoms with Crippen LogP contribution in [0.1, 0.15) is 29.6 Å². The predicted molar refractivity (Wildman–Crippen MR) is 75.9 cm³/mol. The highest BCUT2D eigenvalue weighted by Gasteiger charge is 2.32. The summed E-state index contributed by atoms with van der Waals surface area (Å²) in [7, 11) is 0. The van der Waals surface area contributed by atoms with Gasteiger partial charge >= 0.3 is 0 Å². The fraction of sp³-hybridized carbons (Fsp3) is 0.533. The largest absolute Gasteiger partial charge is 0.398 e. The third-order valence-corrected chi connectivity index (χ3v) is 4.43. The third kappa shape index (κ3) is 2.72. The summed E-state index contributed by atoms with van der Waals surface area (Å²) in [6, 6.07) is 2.15. The first-order chi connectivity index (χ1) is 10.1. The molecule has 1 aromatic rings. The molecule has 0 aliphatic carbocycles. The highest BCUT2D eigenvalue weighted by molar-refractivity contribution is 5.99. The molecule has 0 saturated carbocycles. The molecular formula is C15H19F2N3O. The Balaban J connectivity index is 1.73. The van der Waals surface area contributed by atoms with E-state index in [1.54, 1.807) is 4.90 Å². The normalized spacial score (nSPS) is 23.0. The Hall–Kier alpha value is -1.69. The number of carbonyl (C=O) groups excluding carboxylic acids is 1. The highest BCUT2D eigenvalue weighted by atomic mass is 19.2. The summed E-state index contributed by atoms with van der Waals surface area (Å²) in [5.41, 5.74) is 5.69. The SMILES string of the molecule is Nc1cc(F)c(F)cc1C(=O)N1CCC(N2CCCC2)C1. The predicted octanol–water partition coefficient (Wildman–Crippen LogP) is 1.86. The number of nitrogens with zero attached hydrogens (tertiary/aromatic N) is 2. The molecule has 0 spiro atoms. The van der Waals surface area contributed by atoms with Crippen molar-refractivity contribution in [2.24, 2.45) is 0 Å². The average Bonchev–Trinajstić information content (AvgIpc) is 3.11. The molecule has 2 fully saturated rings. The lowest BCUT2D eigenvalue weighted by Crippen LogP contribution is -2.37. The number of benzene rings is 1. The van der Waals surface area contributed by atoms with Crippen molar-refractivity contribution in [1.82, 2.24) is 9.80 Å². The maximum Gasteiger partial charge on any atom is 0.256 e. The van der Waals surface area contributed by atoms with Crippen LogP contribution in [-0.4, -0.2) is 47.9 Å². The lowest BCUT2D eigenvalue weighted by molar-refractivity contribution is 0.0780. The van der Waals surface area contributed by atoms with Crippen molar-refractivity contribution in [3.8, 4) is 0 Å². The van der Waals surface area contributed by atoms with Crippen LogP contribution in [0.2, 0.25) is 0 Å². The molecule has 0 aromatic heterocycles.